The average molecular weight is 300 g/mol. The third kappa shape index (κ3) is 2.61. The Morgan fingerprint density at radius 1 is 1.38 bits per heavy atom. The smallest absolute Gasteiger partial charge is 0.161 e. The maximum atomic E-state index is 11.6. The van der Waals surface area contributed by atoms with Crippen LogP contribution in [0.5, 0.6) is 0 Å². The molecule has 1 fully saturated rings. The van der Waals surface area contributed by atoms with E-state index in [4.69, 9.17) is 0 Å². The first-order valence-electron chi connectivity index (χ1n) is 5.31. The second kappa shape index (κ2) is 5.23. The van der Waals surface area contributed by atoms with Crippen molar-refractivity contribution in [2.24, 2.45) is 0 Å². The van der Waals surface area contributed by atoms with Gasteiger partial charge in [0.25, 0.3) is 0 Å². The van der Waals surface area contributed by atoms with Gasteiger partial charge in [-0.3, -0.25) is 4.79 Å². The first-order valence-corrected chi connectivity index (χ1v) is 7.26. The largest absolute Gasteiger partial charge is 0.369 e. The number of carbonyl (C=O) groups excluding carboxylic acids is 1. The molecule has 0 spiro atoms. The van der Waals surface area contributed by atoms with Crippen molar-refractivity contribution >= 4 is 39.2 Å². The molecule has 2 nitrogen and oxygen atoms in total. The number of rotatable bonds is 2. The van der Waals surface area contributed by atoms with Crippen LogP contribution in [0.2, 0.25) is 0 Å². The van der Waals surface area contributed by atoms with E-state index in [0.717, 1.165) is 40.3 Å². The molecule has 0 amide bonds. The summed E-state index contributed by atoms with van der Waals surface area (Å²) in [5.41, 5.74) is 1.90. The van der Waals surface area contributed by atoms with Crippen LogP contribution in [-0.4, -0.2) is 30.4 Å². The predicted octanol–water partition coefficient (Wildman–Crippen LogP) is 3.20. The van der Waals surface area contributed by atoms with Crippen LogP contribution in [0.4, 0.5) is 5.69 Å². The van der Waals surface area contributed by atoms with Crippen LogP contribution < -0.4 is 4.90 Å². The van der Waals surface area contributed by atoms with Crippen molar-refractivity contribution < 1.29 is 4.79 Å². The SMILES string of the molecule is CC(=O)c1ccc(Br)cc1N1CCSCC1. The Kier molecular flexibility index (Phi) is 3.92. The van der Waals surface area contributed by atoms with Gasteiger partial charge in [-0.1, -0.05) is 15.9 Å². The van der Waals surface area contributed by atoms with E-state index in [2.05, 4.69) is 20.8 Å². The van der Waals surface area contributed by atoms with Gasteiger partial charge in [-0.05, 0) is 25.1 Å². The average Bonchev–Trinajstić information content (AvgIpc) is 2.29. The summed E-state index contributed by atoms with van der Waals surface area (Å²) in [6.45, 7) is 3.69. The first kappa shape index (κ1) is 12.0. The second-order valence-corrected chi connectivity index (χ2v) is 5.96. The van der Waals surface area contributed by atoms with Crippen molar-refractivity contribution in [1.82, 2.24) is 0 Å². The molecule has 1 aromatic carbocycles. The number of hydrogen-bond donors (Lipinski definition) is 0. The van der Waals surface area contributed by atoms with E-state index in [0.29, 0.717) is 0 Å². The molecular formula is C12H14BrNOS. The predicted molar refractivity (Wildman–Crippen MR) is 73.7 cm³/mol. The lowest BCUT2D eigenvalue weighted by molar-refractivity contribution is 0.101. The van der Waals surface area contributed by atoms with E-state index in [1.807, 2.05) is 30.0 Å². The Morgan fingerprint density at radius 3 is 2.69 bits per heavy atom. The van der Waals surface area contributed by atoms with Crippen molar-refractivity contribution in [3.63, 3.8) is 0 Å². The van der Waals surface area contributed by atoms with E-state index >= 15 is 0 Å². The highest BCUT2D eigenvalue weighted by Crippen LogP contribution is 2.27. The maximum absolute atomic E-state index is 11.6. The molecule has 0 unspecified atom stereocenters. The lowest BCUT2D eigenvalue weighted by Crippen LogP contribution is -2.33. The lowest BCUT2D eigenvalue weighted by Gasteiger charge is -2.30. The number of ketones is 1. The van der Waals surface area contributed by atoms with Gasteiger partial charge in [0.2, 0.25) is 0 Å². The van der Waals surface area contributed by atoms with Gasteiger partial charge in [0.05, 0.1) is 0 Å². The minimum atomic E-state index is 0.140. The number of benzene rings is 1. The Hall–Kier alpha value is -0.480. The lowest BCUT2D eigenvalue weighted by atomic mass is 10.1. The van der Waals surface area contributed by atoms with Crippen molar-refractivity contribution in [2.45, 2.75) is 6.92 Å². The number of Topliss-reactive ketones (excluding diaryl/α,β-unsaturated/α-hetero) is 1. The first-order chi connectivity index (χ1) is 7.68. The zero-order valence-electron chi connectivity index (χ0n) is 9.20. The summed E-state index contributed by atoms with van der Waals surface area (Å²) < 4.78 is 1.03. The summed E-state index contributed by atoms with van der Waals surface area (Å²) in [5, 5.41) is 0. The van der Waals surface area contributed by atoms with Crippen LogP contribution in [0.3, 0.4) is 0 Å². The van der Waals surface area contributed by atoms with Gasteiger partial charge in [0, 0.05) is 40.3 Å². The molecule has 1 heterocycles. The normalized spacial score (nSPS) is 16.2. The van der Waals surface area contributed by atoms with Gasteiger partial charge in [0.15, 0.2) is 5.78 Å². The summed E-state index contributed by atoms with van der Waals surface area (Å²) >= 11 is 5.44. The fraction of sp³-hybridized carbons (Fsp3) is 0.417. The summed E-state index contributed by atoms with van der Waals surface area (Å²) in [5.74, 6) is 2.42. The highest BCUT2D eigenvalue weighted by molar-refractivity contribution is 9.10. The minimum Gasteiger partial charge on any atom is -0.369 e. The molecule has 0 saturated carbocycles. The van der Waals surface area contributed by atoms with Crippen LogP contribution in [0.15, 0.2) is 22.7 Å². The Labute approximate surface area is 109 Å². The molecule has 86 valence electrons. The molecule has 0 N–H and O–H groups in total. The van der Waals surface area contributed by atoms with E-state index in [9.17, 15) is 4.79 Å². The standard InChI is InChI=1S/C12H14BrNOS/c1-9(15)11-3-2-10(13)8-12(11)14-4-6-16-7-5-14/h2-3,8H,4-7H2,1H3. The molecule has 0 aliphatic carbocycles. The van der Waals surface area contributed by atoms with Crippen LogP contribution in [-0.2, 0) is 0 Å². The molecule has 1 saturated heterocycles. The molecule has 0 bridgehead atoms. The zero-order valence-corrected chi connectivity index (χ0v) is 11.6. The highest BCUT2D eigenvalue weighted by atomic mass is 79.9. The number of nitrogens with zero attached hydrogens (tertiary/aromatic N) is 1. The Morgan fingerprint density at radius 2 is 2.06 bits per heavy atom. The third-order valence-corrected chi connectivity index (χ3v) is 4.13. The van der Waals surface area contributed by atoms with Gasteiger partial charge >= 0.3 is 0 Å². The highest BCUT2D eigenvalue weighted by Gasteiger charge is 2.16. The molecular weight excluding hydrogens is 286 g/mol. The van der Waals surface area contributed by atoms with Crippen LogP contribution in [0.25, 0.3) is 0 Å². The number of hydrogen-bond acceptors (Lipinski definition) is 3. The van der Waals surface area contributed by atoms with Gasteiger partial charge in [-0.25, -0.2) is 0 Å². The molecule has 1 aliphatic rings. The summed E-state index contributed by atoms with van der Waals surface area (Å²) in [4.78, 5) is 13.9. The Balaban J connectivity index is 2.36. The van der Waals surface area contributed by atoms with Crippen LogP contribution in [0, 0.1) is 0 Å². The van der Waals surface area contributed by atoms with Gasteiger partial charge in [-0.2, -0.15) is 11.8 Å². The fourth-order valence-electron chi connectivity index (χ4n) is 1.87. The van der Waals surface area contributed by atoms with Gasteiger partial charge < -0.3 is 4.90 Å². The summed E-state index contributed by atoms with van der Waals surface area (Å²) in [6.07, 6.45) is 0. The van der Waals surface area contributed by atoms with Gasteiger partial charge in [-0.15, -0.1) is 0 Å². The maximum Gasteiger partial charge on any atom is 0.161 e. The third-order valence-electron chi connectivity index (χ3n) is 2.69. The van der Waals surface area contributed by atoms with Crippen molar-refractivity contribution in [2.75, 3.05) is 29.5 Å². The molecule has 0 radical (unpaired) electrons. The van der Waals surface area contributed by atoms with Crippen LogP contribution >= 0.6 is 27.7 Å². The summed E-state index contributed by atoms with van der Waals surface area (Å²) in [7, 11) is 0. The molecule has 2 rings (SSSR count). The van der Waals surface area contributed by atoms with Crippen molar-refractivity contribution in [1.29, 1.82) is 0 Å². The van der Waals surface area contributed by atoms with Crippen LogP contribution in [0.1, 0.15) is 17.3 Å². The topological polar surface area (TPSA) is 20.3 Å². The molecule has 0 aromatic heterocycles. The molecule has 1 aromatic rings. The Bertz CT molecular complexity index is 402. The van der Waals surface area contributed by atoms with E-state index < -0.39 is 0 Å². The molecule has 0 atom stereocenters. The monoisotopic (exact) mass is 299 g/mol. The molecule has 16 heavy (non-hydrogen) atoms. The minimum absolute atomic E-state index is 0.140. The van der Waals surface area contributed by atoms with E-state index in [1.54, 1.807) is 6.92 Å². The number of thioether (sulfide) groups is 1. The summed E-state index contributed by atoms with van der Waals surface area (Å²) in [6, 6.07) is 5.88. The van der Waals surface area contributed by atoms with E-state index in [1.165, 1.54) is 0 Å². The number of carbonyl (C=O) groups is 1. The van der Waals surface area contributed by atoms with Crippen molar-refractivity contribution in [3.05, 3.63) is 28.2 Å². The quantitative estimate of drug-likeness (QED) is 0.782. The number of halogens is 1. The fourth-order valence-corrected chi connectivity index (χ4v) is 3.12. The molecule has 1 aliphatic heterocycles. The van der Waals surface area contributed by atoms with E-state index in [-0.39, 0.29) is 5.78 Å². The second-order valence-electron chi connectivity index (χ2n) is 3.82. The van der Waals surface area contributed by atoms with Gasteiger partial charge in [0.1, 0.15) is 0 Å². The number of anilines is 1. The van der Waals surface area contributed by atoms with Crippen molar-refractivity contribution in [3.8, 4) is 0 Å². The molecule has 4 heteroatoms. The zero-order chi connectivity index (χ0) is 11.5.